The quantitative estimate of drug-likeness (QED) is 0.671. The number of carbonyl (C=O) groups excluding carboxylic acids is 1. The lowest BCUT2D eigenvalue weighted by atomic mass is 10.2. The Morgan fingerprint density at radius 2 is 2.00 bits per heavy atom. The van der Waals surface area contributed by atoms with E-state index in [1.807, 2.05) is 0 Å². The Bertz CT molecular complexity index is 819. The summed E-state index contributed by atoms with van der Waals surface area (Å²) in [6.07, 6.45) is 5.85. The van der Waals surface area contributed by atoms with Crippen LogP contribution in [0.1, 0.15) is 21.6 Å². The Morgan fingerprint density at radius 3 is 2.77 bits per heavy atom. The molecule has 3 aromatic rings. The van der Waals surface area contributed by atoms with Gasteiger partial charge in [0.2, 0.25) is 5.78 Å². The van der Waals surface area contributed by atoms with Crippen LogP contribution >= 0.6 is 15.9 Å². The van der Waals surface area contributed by atoms with E-state index < -0.39 is 0 Å². The molecule has 1 aromatic carbocycles. The van der Waals surface area contributed by atoms with E-state index in [2.05, 4.69) is 31.0 Å². The highest BCUT2D eigenvalue weighted by atomic mass is 79.9. The van der Waals surface area contributed by atoms with Gasteiger partial charge in [-0.2, -0.15) is 5.10 Å². The fourth-order valence-corrected chi connectivity index (χ4v) is 2.39. The van der Waals surface area contributed by atoms with Crippen LogP contribution in [0.4, 0.5) is 4.39 Å². The van der Waals surface area contributed by atoms with Crippen LogP contribution in [0.2, 0.25) is 0 Å². The molecule has 22 heavy (non-hydrogen) atoms. The molecule has 3 rings (SSSR count). The van der Waals surface area contributed by atoms with Crippen molar-refractivity contribution in [2.24, 2.45) is 0 Å². The first-order valence-electron chi connectivity index (χ1n) is 6.41. The average Bonchev–Trinajstić information content (AvgIpc) is 3.00. The van der Waals surface area contributed by atoms with Crippen molar-refractivity contribution in [3.05, 3.63) is 76.3 Å². The van der Waals surface area contributed by atoms with Crippen molar-refractivity contribution < 1.29 is 9.18 Å². The first-order valence-corrected chi connectivity index (χ1v) is 7.20. The van der Waals surface area contributed by atoms with Gasteiger partial charge in [0.25, 0.3) is 0 Å². The molecule has 0 saturated carbocycles. The number of ketones is 1. The largest absolute Gasteiger partial charge is 0.287 e. The van der Waals surface area contributed by atoms with Gasteiger partial charge >= 0.3 is 0 Å². The molecule has 0 radical (unpaired) electrons. The van der Waals surface area contributed by atoms with Gasteiger partial charge in [0.1, 0.15) is 17.8 Å². The highest BCUT2D eigenvalue weighted by molar-refractivity contribution is 9.10. The SMILES string of the molecule is O=C(c1cncnc1)c1ccn(Cc2cccc(Br)c2F)n1. The predicted octanol–water partition coefficient (Wildman–Crippen LogP) is 2.85. The summed E-state index contributed by atoms with van der Waals surface area (Å²) in [6, 6.07) is 6.64. The van der Waals surface area contributed by atoms with Crippen molar-refractivity contribution in [3.8, 4) is 0 Å². The predicted molar refractivity (Wildman–Crippen MR) is 80.9 cm³/mol. The number of aromatic nitrogens is 4. The van der Waals surface area contributed by atoms with E-state index in [1.54, 1.807) is 30.5 Å². The second-order valence-corrected chi connectivity index (χ2v) is 5.42. The Balaban J connectivity index is 1.82. The van der Waals surface area contributed by atoms with Crippen molar-refractivity contribution >= 4 is 21.7 Å². The molecular weight excluding hydrogens is 351 g/mol. The summed E-state index contributed by atoms with van der Waals surface area (Å²) in [5.41, 5.74) is 1.12. The number of nitrogens with zero attached hydrogens (tertiary/aromatic N) is 4. The van der Waals surface area contributed by atoms with Crippen LogP contribution in [-0.2, 0) is 6.54 Å². The minimum atomic E-state index is -0.331. The van der Waals surface area contributed by atoms with E-state index >= 15 is 0 Å². The van der Waals surface area contributed by atoms with E-state index in [1.165, 1.54) is 23.4 Å². The standard InChI is InChI=1S/C15H10BrFN4O/c16-12-3-1-2-10(14(12)17)8-21-5-4-13(20-21)15(22)11-6-18-9-19-7-11/h1-7,9H,8H2. The van der Waals surface area contributed by atoms with Crippen LogP contribution in [0.5, 0.6) is 0 Å². The Hall–Kier alpha value is -2.41. The van der Waals surface area contributed by atoms with Crippen LogP contribution in [0.15, 0.2) is 53.7 Å². The van der Waals surface area contributed by atoms with Gasteiger partial charge in [-0.15, -0.1) is 0 Å². The molecule has 5 nitrogen and oxygen atoms in total. The number of carbonyl (C=O) groups is 1. The molecule has 0 fully saturated rings. The van der Waals surface area contributed by atoms with Gasteiger partial charge < -0.3 is 0 Å². The Morgan fingerprint density at radius 1 is 1.23 bits per heavy atom. The maximum Gasteiger partial charge on any atom is 0.216 e. The van der Waals surface area contributed by atoms with Gasteiger partial charge in [0, 0.05) is 24.2 Å². The number of hydrogen-bond donors (Lipinski definition) is 0. The minimum Gasteiger partial charge on any atom is -0.287 e. The van der Waals surface area contributed by atoms with Gasteiger partial charge in [0.05, 0.1) is 16.6 Å². The van der Waals surface area contributed by atoms with E-state index in [4.69, 9.17) is 0 Å². The second kappa shape index (κ2) is 6.15. The summed E-state index contributed by atoms with van der Waals surface area (Å²) in [5.74, 6) is -0.601. The number of hydrogen-bond acceptors (Lipinski definition) is 4. The maximum absolute atomic E-state index is 13.9. The molecule has 0 bridgehead atoms. The molecule has 0 spiro atoms. The lowest BCUT2D eigenvalue weighted by Crippen LogP contribution is -2.07. The van der Waals surface area contributed by atoms with E-state index in [-0.39, 0.29) is 23.8 Å². The fourth-order valence-electron chi connectivity index (χ4n) is 1.98. The van der Waals surface area contributed by atoms with Crippen molar-refractivity contribution in [1.29, 1.82) is 0 Å². The van der Waals surface area contributed by atoms with Crippen LogP contribution in [-0.4, -0.2) is 25.5 Å². The molecule has 0 amide bonds. The molecule has 0 aliphatic rings. The summed E-state index contributed by atoms with van der Waals surface area (Å²) in [6.45, 7) is 0.240. The molecule has 7 heteroatoms. The van der Waals surface area contributed by atoms with Gasteiger partial charge in [-0.25, -0.2) is 14.4 Å². The molecule has 2 aromatic heterocycles. The second-order valence-electron chi connectivity index (χ2n) is 4.57. The van der Waals surface area contributed by atoms with E-state index in [0.717, 1.165) is 0 Å². The third-order valence-corrected chi connectivity index (χ3v) is 3.67. The zero-order chi connectivity index (χ0) is 15.5. The van der Waals surface area contributed by atoms with Crippen molar-refractivity contribution in [2.45, 2.75) is 6.54 Å². The third-order valence-electron chi connectivity index (χ3n) is 3.06. The number of halogens is 2. The van der Waals surface area contributed by atoms with Gasteiger partial charge in [-0.05, 0) is 28.1 Å². The first-order chi connectivity index (χ1) is 10.6. The lowest BCUT2D eigenvalue weighted by Gasteiger charge is -2.04. The van der Waals surface area contributed by atoms with E-state index in [9.17, 15) is 9.18 Å². The average molecular weight is 361 g/mol. The zero-order valence-electron chi connectivity index (χ0n) is 11.3. The molecular formula is C15H10BrFN4O. The number of benzene rings is 1. The van der Waals surface area contributed by atoms with Crippen molar-refractivity contribution in [2.75, 3.05) is 0 Å². The van der Waals surface area contributed by atoms with Gasteiger partial charge in [-0.3, -0.25) is 9.48 Å². The third kappa shape index (κ3) is 2.94. The molecule has 0 saturated heterocycles. The van der Waals surface area contributed by atoms with Crippen LogP contribution < -0.4 is 0 Å². The summed E-state index contributed by atoms with van der Waals surface area (Å²) in [5, 5.41) is 4.18. The minimum absolute atomic E-state index is 0.240. The molecule has 0 atom stereocenters. The van der Waals surface area contributed by atoms with Crippen molar-refractivity contribution in [3.63, 3.8) is 0 Å². The molecule has 0 aliphatic carbocycles. The molecule has 0 unspecified atom stereocenters. The molecule has 2 heterocycles. The lowest BCUT2D eigenvalue weighted by molar-refractivity contribution is 0.103. The Kier molecular flexibility index (Phi) is 4.06. The van der Waals surface area contributed by atoms with Gasteiger partial charge in [0.15, 0.2) is 0 Å². The van der Waals surface area contributed by atoms with E-state index in [0.29, 0.717) is 15.6 Å². The highest BCUT2D eigenvalue weighted by Crippen LogP contribution is 2.19. The molecule has 0 aliphatic heterocycles. The molecule has 110 valence electrons. The topological polar surface area (TPSA) is 60.7 Å². The summed E-state index contributed by atoms with van der Waals surface area (Å²) >= 11 is 3.15. The molecule has 0 N–H and O–H groups in total. The van der Waals surface area contributed by atoms with Crippen molar-refractivity contribution in [1.82, 2.24) is 19.7 Å². The van der Waals surface area contributed by atoms with Crippen LogP contribution in [0.25, 0.3) is 0 Å². The fraction of sp³-hybridized carbons (Fsp3) is 0.0667. The van der Waals surface area contributed by atoms with Crippen LogP contribution in [0, 0.1) is 5.82 Å². The maximum atomic E-state index is 13.9. The zero-order valence-corrected chi connectivity index (χ0v) is 12.9. The summed E-state index contributed by atoms with van der Waals surface area (Å²) in [4.78, 5) is 19.8. The highest BCUT2D eigenvalue weighted by Gasteiger charge is 2.14. The Labute approximate surface area is 134 Å². The monoisotopic (exact) mass is 360 g/mol. The summed E-state index contributed by atoms with van der Waals surface area (Å²) < 4.78 is 15.9. The van der Waals surface area contributed by atoms with Crippen LogP contribution in [0.3, 0.4) is 0 Å². The smallest absolute Gasteiger partial charge is 0.216 e. The normalized spacial score (nSPS) is 10.6. The van der Waals surface area contributed by atoms with Gasteiger partial charge in [-0.1, -0.05) is 12.1 Å². The summed E-state index contributed by atoms with van der Waals surface area (Å²) in [7, 11) is 0. The number of rotatable bonds is 4. The first kappa shape index (κ1) is 14.5.